The Bertz CT molecular complexity index is 630. The second-order valence-corrected chi connectivity index (χ2v) is 5.66. The minimum Gasteiger partial charge on any atom is -0.324 e. The summed E-state index contributed by atoms with van der Waals surface area (Å²) in [7, 11) is 0. The molecule has 21 heavy (non-hydrogen) atoms. The Morgan fingerprint density at radius 3 is 2.57 bits per heavy atom. The molecule has 0 aromatic heterocycles. The van der Waals surface area contributed by atoms with Gasteiger partial charge in [-0.2, -0.15) is 0 Å². The third kappa shape index (κ3) is 3.19. The fourth-order valence-corrected chi connectivity index (χ4v) is 2.88. The number of likely N-dealkylation sites (tertiary alicyclic amines) is 1. The number of nitrogens with zero attached hydrogens (tertiary/aromatic N) is 1. The Morgan fingerprint density at radius 1 is 1.10 bits per heavy atom. The highest BCUT2D eigenvalue weighted by Crippen LogP contribution is 2.28. The average molecular weight is 301 g/mol. The zero-order valence-corrected chi connectivity index (χ0v) is 12.4. The van der Waals surface area contributed by atoms with Crippen LogP contribution in [-0.4, -0.2) is 24.0 Å². The van der Waals surface area contributed by atoms with Crippen LogP contribution >= 0.6 is 11.6 Å². The maximum Gasteiger partial charge on any atom is 0.321 e. The molecule has 0 bridgehead atoms. The summed E-state index contributed by atoms with van der Waals surface area (Å²) in [5.41, 5.74) is 1.96. The quantitative estimate of drug-likeness (QED) is 0.878. The molecule has 1 aliphatic heterocycles. The van der Waals surface area contributed by atoms with Crippen LogP contribution < -0.4 is 5.32 Å². The van der Waals surface area contributed by atoms with Gasteiger partial charge in [0.1, 0.15) is 0 Å². The monoisotopic (exact) mass is 300 g/mol. The zero-order chi connectivity index (χ0) is 14.7. The number of nitrogens with one attached hydrogen (secondary N) is 1. The summed E-state index contributed by atoms with van der Waals surface area (Å²) in [6, 6.07) is 17.6. The largest absolute Gasteiger partial charge is 0.324 e. The van der Waals surface area contributed by atoms with Crippen LogP contribution in [0.25, 0.3) is 0 Å². The van der Waals surface area contributed by atoms with Crippen LogP contribution in [0.5, 0.6) is 0 Å². The predicted molar refractivity (Wildman–Crippen MR) is 85.8 cm³/mol. The van der Waals surface area contributed by atoms with E-state index in [0.717, 1.165) is 19.5 Å². The van der Waals surface area contributed by atoms with Gasteiger partial charge in [-0.3, -0.25) is 0 Å². The van der Waals surface area contributed by atoms with Gasteiger partial charge in [0, 0.05) is 19.0 Å². The third-order valence-corrected chi connectivity index (χ3v) is 4.19. The van der Waals surface area contributed by atoms with Crippen LogP contribution in [0.2, 0.25) is 5.02 Å². The number of hydrogen-bond donors (Lipinski definition) is 1. The van der Waals surface area contributed by atoms with Crippen molar-refractivity contribution >= 4 is 23.3 Å². The van der Waals surface area contributed by atoms with Gasteiger partial charge in [-0.05, 0) is 24.1 Å². The summed E-state index contributed by atoms with van der Waals surface area (Å²) < 4.78 is 0. The smallest absolute Gasteiger partial charge is 0.321 e. The number of para-hydroxylation sites is 1. The van der Waals surface area contributed by atoms with Crippen molar-refractivity contribution in [3.8, 4) is 0 Å². The summed E-state index contributed by atoms with van der Waals surface area (Å²) in [5, 5.41) is 3.44. The van der Waals surface area contributed by atoms with Crippen LogP contribution in [0.4, 0.5) is 10.5 Å². The van der Waals surface area contributed by atoms with E-state index in [1.807, 2.05) is 41.3 Å². The molecule has 0 saturated carbocycles. The van der Waals surface area contributed by atoms with E-state index in [0.29, 0.717) is 16.6 Å². The van der Waals surface area contributed by atoms with Crippen molar-refractivity contribution in [3.05, 3.63) is 65.2 Å². The molecule has 1 atom stereocenters. The van der Waals surface area contributed by atoms with Crippen molar-refractivity contribution < 1.29 is 4.79 Å². The molecule has 1 fully saturated rings. The van der Waals surface area contributed by atoms with Gasteiger partial charge in [-0.1, -0.05) is 54.1 Å². The van der Waals surface area contributed by atoms with Crippen LogP contribution in [0.15, 0.2) is 54.6 Å². The number of anilines is 1. The van der Waals surface area contributed by atoms with E-state index in [4.69, 9.17) is 11.6 Å². The van der Waals surface area contributed by atoms with Crippen molar-refractivity contribution in [1.29, 1.82) is 0 Å². The minimum atomic E-state index is -0.0819. The number of carbonyl (C=O) groups is 1. The minimum absolute atomic E-state index is 0.0819. The number of rotatable bonds is 2. The van der Waals surface area contributed by atoms with Gasteiger partial charge in [0.25, 0.3) is 0 Å². The Kier molecular flexibility index (Phi) is 4.11. The van der Waals surface area contributed by atoms with Crippen LogP contribution in [-0.2, 0) is 0 Å². The van der Waals surface area contributed by atoms with Gasteiger partial charge >= 0.3 is 6.03 Å². The van der Waals surface area contributed by atoms with Gasteiger partial charge in [0.05, 0.1) is 10.7 Å². The fourth-order valence-electron chi connectivity index (χ4n) is 2.70. The lowest BCUT2D eigenvalue weighted by Gasteiger charge is -2.18. The molecule has 4 heteroatoms. The molecule has 2 aromatic carbocycles. The normalized spacial score (nSPS) is 17.8. The Balaban J connectivity index is 1.64. The van der Waals surface area contributed by atoms with Gasteiger partial charge in [-0.25, -0.2) is 4.79 Å². The van der Waals surface area contributed by atoms with Gasteiger partial charge in [0.2, 0.25) is 0 Å². The summed E-state index contributed by atoms with van der Waals surface area (Å²) in [6.45, 7) is 1.52. The predicted octanol–water partition coefficient (Wildman–Crippen LogP) is 4.36. The van der Waals surface area contributed by atoms with Crippen LogP contribution in [0, 0.1) is 0 Å². The molecular formula is C17H17ClN2O. The van der Waals surface area contributed by atoms with Crippen LogP contribution in [0.1, 0.15) is 17.9 Å². The summed E-state index contributed by atoms with van der Waals surface area (Å²) >= 11 is 6.07. The molecule has 108 valence electrons. The van der Waals surface area contributed by atoms with Crippen molar-refractivity contribution in [1.82, 2.24) is 4.90 Å². The number of carbonyl (C=O) groups excluding carboxylic acids is 1. The van der Waals surface area contributed by atoms with Gasteiger partial charge < -0.3 is 10.2 Å². The molecule has 0 aliphatic carbocycles. The molecule has 3 nitrogen and oxygen atoms in total. The molecule has 1 N–H and O–H groups in total. The average Bonchev–Trinajstić information content (AvgIpc) is 3.00. The summed E-state index contributed by atoms with van der Waals surface area (Å²) in [4.78, 5) is 14.1. The highest BCUT2D eigenvalue weighted by Gasteiger charge is 2.27. The number of urea groups is 1. The van der Waals surface area contributed by atoms with E-state index < -0.39 is 0 Å². The molecule has 1 heterocycles. The molecule has 1 saturated heterocycles. The first-order valence-corrected chi connectivity index (χ1v) is 7.47. The van der Waals surface area contributed by atoms with E-state index in [-0.39, 0.29) is 6.03 Å². The second-order valence-electron chi connectivity index (χ2n) is 5.25. The highest BCUT2D eigenvalue weighted by molar-refractivity contribution is 6.33. The molecule has 1 aliphatic rings. The topological polar surface area (TPSA) is 32.3 Å². The molecule has 2 amide bonds. The Hall–Kier alpha value is -2.00. The number of hydrogen-bond acceptors (Lipinski definition) is 1. The molecule has 0 spiro atoms. The standard InChI is InChI=1S/C17H17ClN2O/c18-15-8-4-5-9-16(15)19-17(21)20-11-10-14(12-20)13-6-2-1-3-7-13/h1-9,14H,10-12H2,(H,19,21)/t14-/m0/s1. The first-order chi connectivity index (χ1) is 10.2. The van der Waals surface area contributed by atoms with Crippen molar-refractivity contribution in [2.75, 3.05) is 18.4 Å². The Labute approximate surface area is 129 Å². The van der Waals surface area contributed by atoms with Gasteiger partial charge in [0.15, 0.2) is 0 Å². The number of amides is 2. The molecule has 2 aromatic rings. The first kappa shape index (κ1) is 14.0. The third-order valence-electron chi connectivity index (χ3n) is 3.86. The van der Waals surface area contributed by atoms with Gasteiger partial charge in [-0.15, -0.1) is 0 Å². The zero-order valence-electron chi connectivity index (χ0n) is 11.6. The van der Waals surface area contributed by atoms with E-state index >= 15 is 0 Å². The maximum atomic E-state index is 12.3. The maximum absolute atomic E-state index is 12.3. The molecular weight excluding hydrogens is 284 g/mol. The Morgan fingerprint density at radius 2 is 1.81 bits per heavy atom. The summed E-state index contributed by atoms with van der Waals surface area (Å²) in [6.07, 6.45) is 1.000. The van der Waals surface area contributed by atoms with E-state index in [1.54, 1.807) is 6.07 Å². The SMILES string of the molecule is O=C(Nc1ccccc1Cl)N1CC[C@H](c2ccccc2)C1. The number of halogens is 1. The highest BCUT2D eigenvalue weighted by atomic mass is 35.5. The van der Waals surface area contributed by atoms with Crippen LogP contribution in [0.3, 0.4) is 0 Å². The first-order valence-electron chi connectivity index (χ1n) is 7.09. The fraction of sp³-hybridized carbons (Fsp3) is 0.235. The van der Waals surface area contributed by atoms with E-state index in [2.05, 4.69) is 17.4 Å². The van der Waals surface area contributed by atoms with E-state index in [9.17, 15) is 4.79 Å². The lowest BCUT2D eigenvalue weighted by Crippen LogP contribution is -2.32. The molecule has 0 unspecified atom stereocenters. The lowest BCUT2D eigenvalue weighted by molar-refractivity contribution is 0.222. The molecule has 3 rings (SSSR count). The van der Waals surface area contributed by atoms with Crippen molar-refractivity contribution in [2.24, 2.45) is 0 Å². The summed E-state index contributed by atoms with van der Waals surface area (Å²) in [5.74, 6) is 0.420. The second kappa shape index (κ2) is 6.19. The lowest BCUT2D eigenvalue weighted by atomic mass is 9.99. The number of benzene rings is 2. The van der Waals surface area contributed by atoms with Crippen molar-refractivity contribution in [3.63, 3.8) is 0 Å². The molecule has 0 radical (unpaired) electrons. The van der Waals surface area contributed by atoms with Crippen molar-refractivity contribution in [2.45, 2.75) is 12.3 Å². The van der Waals surface area contributed by atoms with E-state index in [1.165, 1.54) is 5.56 Å².